The standard InChI is InChI=1S/C22H24ClNO3S/c23-18-10-8-17(9-11-18)22(13-4-5-14-22)21(25)24-15-12-20(16-24)28(26,27)19-6-2-1-3-7-19/h1-3,6-11,20H,4-5,12-16H2/t20-/m0/s1. The molecular weight excluding hydrogens is 394 g/mol. The van der Waals surface area contributed by atoms with E-state index in [9.17, 15) is 13.2 Å². The molecule has 0 radical (unpaired) electrons. The van der Waals surface area contributed by atoms with Crippen molar-refractivity contribution in [1.82, 2.24) is 4.90 Å². The van der Waals surface area contributed by atoms with E-state index in [0.717, 1.165) is 31.2 Å². The molecule has 28 heavy (non-hydrogen) atoms. The zero-order chi connectivity index (χ0) is 19.8. The Morgan fingerprint density at radius 1 is 1.00 bits per heavy atom. The topological polar surface area (TPSA) is 54.5 Å². The molecule has 148 valence electrons. The van der Waals surface area contributed by atoms with Crippen LogP contribution in [-0.2, 0) is 20.0 Å². The van der Waals surface area contributed by atoms with Crippen LogP contribution in [0.2, 0.25) is 5.02 Å². The van der Waals surface area contributed by atoms with Gasteiger partial charge >= 0.3 is 0 Å². The van der Waals surface area contributed by atoms with Crippen molar-refractivity contribution in [3.05, 3.63) is 65.2 Å². The predicted octanol–water partition coefficient (Wildman–Crippen LogP) is 4.23. The highest BCUT2D eigenvalue weighted by Crippen LogP contribution is 2.43. The highest BCUT2D eigenvalue weighted by atomic mass is 35.5. The molecule has 2 aromatic carbocycles. The minimum absolute atomic E-state index is 0.0677. The fourth-order valence-corrected chi connectivity index (χ4v) is 6.48. The molecule has 0 aromatic heterocycles. The molecule has 0 spiro atoms. The first-order valence-electron chi connectivity index (χ1n) is 9.78. The van der Waals surface area contributed by atoms with E-state index >= 15 is 0 Å². The zero-order valence-electron chi connectivity index (χ0n) is 15.7. The third-order valence-electron chi connectivity index (χ3n) is 6.21. The number of sulfone groups is 1. The lowest BCUT2D eigenvalue weighted by Crippen LogP contribution is -2.45. The van der Waals surface area contributed by atoms with E-state index in [1.807, 2.05) is 24.3 Å². The molecule has 4 nitrogen and oxygen atoms in total. The van der Waals surface area contributed by atoms with Gasteiger partial charge in [-0.1, -0.05) is 54.8 Å². The quantitative estimate of drug-likeness (QED) is 0.748. The second kappa shape index (κ2) is 7.53. The first-order chi connectivity index (χ1) is 13.4. The molecule has 1 amide bonds. The molecule has 1 aliphatic heterocycles. The predicted molar refractivity (Wildman–Crippen MR) is 110 cm³/mol. The smallest absolute Gasteiger partial charge is 0.233 e. The van der Waals surface area contributed by atoms with Crippen LogP contribution < -0.4 is 0 Å². The van der Waals surface area contributed by atoms with Gasteiger partial charge in [-0.15, -0.1) is 0 Å². The third kappa shape index (κ3) is 3.35. The van der Waals surface area contributed by atoms with Crippen molar-refractivity contribution in [2.75, 3.05) is 13.1 Å². The Balaban J connectivity index is 1.58. The maximum absolute atomic E-state index is 13.6. The summed E-state index contributed by atoms with van der Waals surface area (Å²) in [5.74, 6) is 0.0677. The minimum atomic E-state index is -3.43. The first kappa shape index (κ1) is 19.5. The van der Waals surface area contributed by atoms with Gasteiger partial charge < -0.3 is 4.90 Å². The van der Waals surface area contributed by atoms with E-state index in [1.54, 1.807) is 35.2 Å². The van der Waals surface area contributed by atoms with Crippen LogP contribution in [0.1, 0.15) is 37.7 Å². The van der Waals surface area contributed by atoms with Crippen molar-refractivity contribution in [3.8, 4) is 0 Å². The first-order valence-corrected chi connectivity index (χ1v) is 11.7. The number of carbonyl (C=O) groups excluding carboxylic acids is 1. The maximum atomic E-state index is 13.6. The number of amides is 1. The number of rotatable bonds is 4. The molecule has 0 N–H and O–H groups in total. The molecule has 1 heterocycles. The Bertz CT molecular complexity index is 951. The maximum Gasteiger partial charge on any atom is 0.233 e. The van der Waals surface area contributed by atoms with Gasteiger partial charge in [-0.2, -0.15) is 0 Å². The van der Waals surface area contributed by atoms with Gasteiger partial charge in [0.1, 0.15) is 0 Å². The summed E-state index contributed by atoms with van der Waals surface area (Å²) in [5.41, 5.74) is 0.449. The summed E-state index contributed by atoms with van der Waals surface area (Å²) in [6.07, 6.45) is 4.11. The van der Waals surface area contributed by atoms with E-state index in [4.69, 9.17) is 11.6 Å². The lowest BCUT2D eigenvalue weighted by Gasteiger charge is -2.33. The number of hydrogen-bond donors (Lipinski definition) is 0. The lowest BCUT2D eigenvalue weighted by molar-refractivity contribution is -0.136. The fraction of sp³-hybridized carbons (Fsp3) is 0.409. The normalized spacial score (nSPS) is 21.8. The summed E-state index contributed by atoms with van der Waals surface area (Å²) in [6, 6.07) is 16.1. The van der Waals surface area contributed by atoms with Gasteiger partial charge in [0.15, 0.2) is 9.84 Å². The number of hydrogen-bond acceptors (Lipinski definition) is 3. The molecule has 0 unspecified atom stereocenters. The number of halogens is 1. The molecule has 1 saturated carbocycles. The van der Waals surface area contributed by atoms with Crippen molar-refractivity contribution in [3.63, 3.8) is 0 Å². The van der Waals surface area contributed by atoms with Crippen LogP contribution in [0, 0.1) is 0 Å². The molecule has 4 rings (SSSR count). The molecule has 2 aromatic rings. The lowest BCUT2D eigenvalue weighted by atomic mass is 9.77. The van der Waals surface area contributed by atoms with Gasteiger partial charge in [0.25, 0.3) is 0 Å². The van der Waals surface area contributed by atoms with Crippen LogP contribution in [0.3, 0.4) is 0 Å². The average Bonchev–Trinajstić information content (AvgIpc) is 3.40. The Hall–Kier alpha value is -1.85. The van der Waals surface area contributed by atoms with E-state index < -0.39 is 20.5 Å². The second-order valence-electron chi connectivity index (χ2n) is 7.82. The van der Waals surface area contributed by atoms with Gasteiger partial charge in [0.05, 0.1) is 15.6 Å². The minimum Gasteiger partial charge on any atom is -0.341 e. The summed E-state index contributed by atoms with van der Waals surface area (Å²) >= 11 is 6.04. The van der Waals surface area contributed by atoms with E-state index in [-0.39, 0.29) is 12.5 Å². The fourth-order valence-electron chi connectivity index (χ4n) is 4.64. The molecule has 2 aliphatic rings. The monoisotopic (exact) mass is 417 g/mol. The van der Waals surface area contributed by atoms with Crippen molar-refractivity contribution in [2.24, 2.45) is 0 Å². The van der Waals surface area contributed by atoms with Crippen LogP contribution in [0.4, 0.5) is 0 Å². The highest BCUT2D eigenvalue weighted by molar-refractivity contribution is 7.92. The van der Waals surface area contributed by atoms with Crippen LogP contribution >= 0.6 is 11.6 Å². The molecule has 1 aliphatic carbocycles. The molecule has 2 fully saturated rings. The van der Waals surface area contributed by atoms with Gasteiger partial charge in [-0.25, -0.2) is 8.42 Å². The molecule has 6 heteroatoms. The Morgan fingerprint density at radius 3 is 2.29 bits per heavy atom. The van der Waals surface area contributed by atoms with Crippen molar-refractivity contribution < 1.29 is 13.2 Å². The van der Waals surface area contributed by atoms with E-state index in [2.05, 4.69) is 0 Å². The van der Waals surface area contributed by atoms with Crippen molar-refractivity contribution in [1.29, 1.82) is 0 Å². The van der Waals surface area contributed by atoms with Crippen LogP contribution in [0.5, 0.6) is 0 Å². The highest BCUT2D eigenvalue weighted by Gasteiger charge is 2.47. The molecule has 1 saturated heterocycles. The Kier molecular flexibility index (Phi) is 5.23. The molecule has 0 bridgehead atoms. The van der Waals surface area contributed by atoms with E-state index in [1.165, 1.54) is 0 Å². The SMILES string of the molecule is O=C(N1CC[C@H](S(=O)(=O)c2ccccc2)C1)C1(c2ccc(Cl)cc2)CCCC1. The van der Waals surface area contributed by atoms with Crippen molar-refractivity contribution >= 4 is 27.3 Å². The average molecular weight is 418 g/mol. The summed E-state index contributed by atoms with van der Waals surface area (Å²) < 4.78 is 25.9. The Labute approximate surface area is 171 Å². The summed E-state index contributed by atoms with van der Waals surface area (Å²) in [5, 5.41) is 0.113. The zero-order valence-corrected chi connectivity index (χ0v) is 17.3. The van der Waals surface area contributed by atoms with Gasteiger partial charge in [0, 0.05) is 18.1 Å². The van der Waals surface area contributed by atoms with Crippen LogP contribution in [-0.4, -0.2) is 37.6 Å². The number of nitrogens with zero attached hydrogens (tertiary/aromatic N) is 1. The third-order valence-corrected chi connectivity index (χ3v) is 8.65. The summed E-state index contributed by atoms with van der Waals surface area (Å²) in [6.45, 7) is 0.760. The number of benzene rings is 2. The van der Waals surface area contributed by atoms with Crippen LogP contribution in [0.25, 0.3) is 0 Å². The number of carbonyl (C=O) groups is 1. The van der Waals surface area contributed by atoms with Gasteiger partial charge in [0.2, 0.25) is 5.91 Å². The summed E-state index contributed by atoms with van der Waals surface area (Å²) in [4.78, 5) is 15.7. The summed E-state index contributed by atoms with van der Waals surface area (Å²) in [7, 11) is -3.43. The molecule has 1 atom stereocenters. The van der Waals surface area contributed by atoms with Gasteiger partial charge in [-0.05, 0) is 49.1 Å². The van der Waals surface area contributed by atoms with Crippen molar-refractivity contribution in [2.45, 2.75) is 47.7 Å². The Morgan fingerprint density at radius 2 is 1.64 bits per heavy atom. The second-order valence-corrected chi connectivity index (χ2v) is 10.5. The molecular formula is C22H24ClNO3S. The van der Waals surface area contributed by atoms with Gasteiger partial charge in [-0.3, -0.25) is 4.79 Å². The number of likely N-dealkylation sites (tertiary alicyclic amines) is 1. The van der Waals surface area contributed by atoms with E-state index in [0.29, 0.717) is 22.9 Å². The largest absolute Gasteiger partial charge is 0.341 e. The van der Waals surface area contributed by atoms with Crippen LogP contribution in [0.15, 0.2) is 59.5 Å².